The minimum atomic E-state index is -3.78. The van der Waals surface area contributed by atoms with Crippen LogP contribution in [0.4, 0.5) is 0 Å². The van der Waals surface area contributed by atoms with Crippen molar-refractivity contribution in [2.75, 3.05) is 13.7 Å². The molecule has 0 radical (unpaired) electrons. The molecule has 1 atom stereocenters. The van der Waals surface area contributed by atoms with Crippen LogP contribution in [0.25, 0.3) is 0 Å². The summed E-state index contributed by atoms with van der Waals surface area (Å²) in [5.41, 5.74) is 0.894. The standard InChI is InChI=1S/C21H23N3O5S/c1-14-6-3-4-11-24(14)30(27,28)18-12-15(8-9-17(18)29-2)13-23-20(25)16-7-5-10-22-19(16)21(23)26/h5,7-10,12,14H,3-4,6,11,13H2,1-2H3. The summed E-state index contributed by atoms with van der Waals surface area (Å²) in [6.07, 6.45) is 4.08. The number of benzene rings is 1. The maximum atomic E-state index is 13.4. The van der Waals surface area contributed by atoms with E-state index in [1.807, 2.05) is 6.92 Å². The zero-order valence-electron chi connectivity index (χ0n) is 16.9. The lowest BCUT2D eigenvalue weighted by Gasteiger charge is -2.32. The van der Waals surface area contributed by atoms with Gasteiger partial charge in [-0.1, -0.05) is 12.5 Å². The molecule has 2 amide bonds. The van der Waals surface area contributed by atoms with E-state index in [1.54, 1.807) is 24.3 Å². The molecule has 8 nitrogen and oxygen atoms in total. The molecule has 1 fully saturated rings. The van der Waals surface area contributed by atoms with Gasteiger partial charge in [-0.2, -0.15) is 4.31 Å². The third-order valence-corrected chi connectivity index (χ3v) is 7.66. The number of pyridine rings is 1. The number of rotatable bonds is 5. The number of imide groups is 1. The van der Waals surface area contributed by atoms with E-state index in [0.29, 0.717) is 12.1 Å². The minimum absolute atomic E-state index is 0.0455. The highest BCUT2D eigenvalue weighted by atomic mass is 32.2. The van der Waals surface area contributed by atoms with Crippen LogP contribution >= 0.6 is 0 Å². The Morgan fingerprint density at radius 2 is 1.97 bits per heavy atom. The van der Waals surface area contributed by atoms with E-state index in [9.17, 15) is 18.0 Å². The van der Waals surface area contributed by atoms with Gasteiger partial charge < -0.3 is 4.74 Å². The van der Waals surface area contributed by atoms with Crippen LogP contribution in [0.1, 0.15) is 52.6 Å². The predicted molar refractivity (Wildman–Crippen MR) is 109 cm³/mol. The molecule has 1 unspecified atom stereocenters. The van der Waals surface area contributed by atoms with Crippen molar-refractivity contribution in [3.8, 4) is 5.75 Å². The summed E-state index contributed by atoms with van der Waals surface area (Å²) in [6.45, 7) is 2.32. The molecule has 9 heteroatoms. The highest BCUT2D eigenvalue weighted by molar-refractivity contribution is 7.89. The molecular formula is C21H23N3O5S. The van der Waals surface area contributed by atoms with Crippen molar-refractivity contribution in [3.63, 3.8) is 0 Å². The van der Waals surface area contributed by atoms with Crippen LogP contribution in [0.15, 0.2) is 41.4 Å². The lowest BCUT2D eigenvalue weighted by Crippen LogP contribution is -2.42. The molecule has 30 heavy (non-hydrogen) atoms. The molecule has 4 rings (SSSR count). The first kappa shape index (κ1) is 20.5. The van der Waals surface area contributed by atoms with E-state index in [1.165, 1.54) is 23.7 Å². The molecule has 1 aromatic heterocycles. The third-order valence-electron chi connectivity index (χ3n) is 5.63. The Morgan fingerprint density at radius 1 is 1.17 bits per heavy atom. The van der Waals surface area contributed by atoms with Crippen molar-refractivity contribution in [3.05, 3.63) is 53.3 Å². The molecular weight excluding hydrogens is 406 g/mol. The van der Waals surface area contributed by atoms with Gasteiger partial charge in [0.1, 0.15) is 16.3 Å². The Kier molecular flexibility index (Phi) is 5.33. The van der Waals surface area contributed by atoms with Crippen molar-refractivity contribution < 1.29 is 22.7 Å². The Morgan fingerprint density at radius 3 is 2.67 bits per heavy atom. The SMILES string of the molecule is COc1ccc(CN2C(=O)c3cccnc3C2=O)cc1S(=O)(=O)N1CCCCC1C. The molecule has 1 aromatic carbocycles. The number of carbonyl (C=O) groups excluding carboxylic acids is 2. The third kappa shape index (κ3) is 3.37. The van der Waals surface area contributed by atoms with Crippen molar-refractivity contribution in [1.82, 2.24) is 14.2 Å². The van der Waals surface area contributed by atoms with E-state index < -0.39 is 21.8 Å². The number of aromatic nitrogens is 1. The smallest absolute Gasteiger partial charge is 0.280 e. The van der Waals surface area contributed by atoms with Crippen LogP contribution in [0, 0.1) is 0 Å². The quantitative estimate of drug-likeness (QED) is 0.678. The van der Waals surface area contributed by atoms with E-state index in [4.69, 9.17) is 4.74 Å². The van der Waals surface area contributed by atoms with Gasteiger partial charge in [-0.15, -0.1) is 0 Å². The van der Waals surface area contributed by atoms with E-state index in [-0.39, 0.29) is 34.5 Å². The predicted octanol–water partition coefficient (Wildman–Crippen LogP) is 2.45. The number of hydrogen-bond donors (Lipinski definition) is 0. The van der Waals surface area contributed by atoms with Crippen LogP contribution in [0.2, 0.25) is 0 Å². The highest BCUT2D eigenvalue weighted by Gasteiger charge is 2.37. The molecule has 2 aliphatic rings. The largest absolute Gasteiger partial charge is 0.495 e. The van der Waals surface area contributed by atoms with Crippen molar-refractivity contribution in [2.45, 2.75) is 43.7 Å². The number of amides is 2. The Hall–Kier alpha value is -2.78. The number of hydrogen-bond acceptors (Lipinski definition) is 6. The Balaban J connectivity index is 1.67. The molecule has 0 N–H and O–H groups in total. The topological polar surface area (TPSA) is 96.9 Å². The first-order valence-corrected chi connectivity index (χ1v) is 11.3. The lowest BCUT2D eigenvalue weighted by atomic mass is 10.1. The molecule has 2 aromatic rings. The average Bonchev–Trinajstić information content (AvgIpc) is 2.99. The second kappa shape index (κ2) is 7.81. The number of ether oxygens (including phenoxy) is 1. The minimum Gasteiger partial charge on any atom is -0.495 e. The molecule has 2 aliphatic heterocycles. The first-order valence-electron chi connectivity index (χ1n) is 9.84. The zero-order chi connectivity index (χ0) is 21.5. The van der Waals surface area contributed by atoms with Crippen molar-refractivity contribution >= 4 is 21.8 Å². The zero-order valence-corrected chi connectivity index (χ0v) is 17.7. The van der Waals surface area contributed by atoms with Crippen LogP contribution in [0.3, 0.4) is 0 Å². The Labute approximate surface area is 175 Å². The lowest BCUT2D eigenvalue weighted by molar-refractivity contribution is 0.0640. The fraction of sp³-hybridized carbons (Fsp3) is 0.381. The first-order chi connectivity index (χ1) is 14.3. The van der Waals surface area contributed by atoms with Crippen LogP contribution in [-0.4, -0.2) is 54.1 Å². The number of carbonyl (C=O) groups is 2. The maximum Gasteiger partial charge on any atom is 0.280 e. The number of methoxy groups -OCH3 is 1. The molecule has 0 aliphatic carbocycles. The molecule has 158 valence electrons. The second-order valence-corrected chi connectivity index (χ2v) is 9.40. The van der Waals surface area contributed by atoms with Gasteiger partial charge in [-0.25, -0.2) is 8.42 Å². The normalized spacial score (nSPS) is 19.8. The van der Waals surface area contributed by atoms with E-state index in [2.05, 4.69) is 4.98 Å². The van der Waals surface area contributed by atoms with E-state index in [0.717, 1.165) is 24.2 Å². The van der Waals surface area contributed by atoms with Crippen LogP contribution in [0.5, 0.6) is 5.75 Å². The fourth-order valence-electron chi connectivity index (χ4n) is 4.02. The fourth-order valence-corrected chi connectivity index (χ4v) is 5.92. The molecule has 0 saturated carbocycles. The van der Waals surface area contributed by atoms with Gasteiger partial charge in [0.05, 0.1) is 19.2 Å². The number of fused-ring (bicyclic) bond motifs is 1. The van der Waals surface area contributed by atoms with Crippen LogP contribution in [-0.2, 0) is 16.6 Å². The summed E-state index contributed by atoms with van der Waals surface area (Å²) in [5, 5.41) is 0. The van der Waals surface area contributed by atoms with Gasteiger partial charge in [0.25, 0.3) is 11.8 Å². The van der Waals surface area contributed by atoms with E-state index >= 15 is 0 Å². The number of nitrogens with zero attached hydrogens (tertiary/aromatic N) is 3. The highest BCUT2D eigenvalue weighted by Crippen LogP contribution is 2.32. The second-order valence-electron chi connectivity index (χ2n) is 7.54. The summed E-state index contributed by atoms with van der Waals surface area (Å²) in [6, 6.07) is 7.78. The Bertz CT molecular complexity index is 1080. The van der Waals surface area contributed by atoms with Gasteiger partial charge in [0, 0.05) is 18.8 Å². The molecule has 0 spiro atoms. The molecule has 3 heterocycles. The van der Waals surface area contributed by atoms with Crippen molar-refractivity contribution in [1.29, 1.82) is 0 Å². The van der Waals surface area contributed by atoms with Gasteiger partial charge in [0.15, 0.2) is 0 Å². The monoisotopic (exact) mass is 429 g/mol. The van der Waals surface area contributed by atoms with Crippen LogP contribution < -0.4 is 4.74 Å². The summed E-state index contributed by atoms with van der Waals surface area (Å²) in [7, 11) is -2.36. The van der Waals surface area contributed by atoms with Gasteiger partial charge in [-0.3, -0.25) is 19.5 Å². The maximum absolute atomic E-state index is 13.4. The summed E-state index contributed by atoms with van der Waals surface area (Å²) in [5.74, 6) is -0.686. The summed E-state index contributed by atoms with van der Waals surface area (Å²) < 4.78 is 33.5. The molecule has 0 bridgehead atoms. The number of piperidine rings is 1. The summed E-state index contributed by atoms with van der Waals surface area (Å²) >= 11 is 0. The average molecular weight is 429 g/mol. The van der Waals surface area contributed by atoms with Gasteiger partial charge >= 0.3 is 0 Å². The summed E-state index contributed by atoms with van der Waals surface area (Å²) in [4.78, 5) is 30.4. The number of sulfonamides is 1. The molecule has 1 saturated heterocycles. The van der Waals surface area contributed by atoms with Gasteiger partial charge in [0.2, 0.25) is 10.0 Å². The van der Waals surface area contributed by atoms with Gasteiger partial charge in [-0.05, 0) is 49.6 Å². The van der Waals surface area contributed by atoms with Crippen molar-refractivity contribution in [2.24, 2.45) is 0 Å².